The Morgan fingerprint density at radius 2 is 2.15 bits per heavy atom. The number of ether oxygens (including phenoxy) is 1. The lowest BCUT2D eigenvalue weighted by atomic mass is 9.88. The summed E-state index contributed by atoms with van der Waals surface area (Å²) in [4.78, 5) is 11.3. The van der Waals surface area contributed by atoms with E-state index in [1.807, 2.05) is 12.3 Å². The van der Waals surface area contributed by atoms with E-state index < -0.39 is 0 Å². The molecule has 1 aromatic rings. The molecule has 2 aliphatic heterocycles. The van der Waals surface area contributed by atoms with Crippen molar-refractivity contribution < 1.29 is 9.84 Å². The zero-order valence-electron chi connectivity index (χ0n) is 12.2. The maximum Gasteiger partial charge on any atom is 0.225 e. The van der Waals surface area contributed by atoms with E-state index in [0.29, 0.717) is 12.5 Å². The summed E-state index contributed by atoms with van der Waals surface area (Å²) < 4.78 is 5.82. The van der Waals surface area contributed by atoms with Crippen molar-refractivity contribution in [3.63, 3.8) is 0 Å². The number of nitrogens with zero attached hydrogens (tertiary/aromatic N) is 3. The molecule has 0 radical (unpaired) electrons. The van der Waals surface area contributed by atoms with Gasteiger partial charge in [-0.15, -0.1) is 0 Å². The highest BCUT2D eigenvalue weighted by Gasteiger charge is 2.42. The number of rotatable bonds is 2. The fraction of sp³-hybridized carbons (Fsp3) is 0.733. The Morgan fingerprint density at radius 3 is 2.75 bits per heavy atom. The number of aliphatic hydroxyl groups is 1. The second-order valence-electron chi connectivity index (χ2n) is 6.28. The number of aliphatic hydroxyl groups excluding tert-OH is 1. The summed E-state index contributed by atoms with van der Waals surface area (Å²) in [6, 6.07) is 1.98. The molecular weight excluding hydrogens is 254 g/mol. The summed E-state index contributed by atoms with van der Waals surface area (Å²) in [5.41, 5.74) is 0.980. The average molecular weight is 277 g/mol. The van der Waals surface area contributed by atoms with Crippen LogP contribution in [0.1, 0.15) is 44.7 Å². The van der Waals surface area contributed by atoms with E-state index in [1.165, 1.54) is 0 Å². The van der Waals surface area contributed by atoms with Gasteiger partial charge in [-0.25, -0.2) is 9.97 Å². The van der Waals surface area contributed by atoms with Crippen LogP contribution in [0.4, 0.5) is 5.95 Å². The number of aromatic nitrogens is 2. The third-order valence-electron chi connectivity index (χ3n) is 4.40. The monoisotopic (exact) mass is 277 g/mol. The molecule has 0 bridgehead atoms. The number of hydrogen-bond donors (Lipinski definition) is 1. The van der Waals surface area contributed by atoms with Gasteiger partial charge in [-0.2, -0.15) is 0 Å². The molecule has 1 aromatic heterocycles. The van der Waals surface area contributed by atoms with Crippen molar-refractivity contribution in [3.05, 3.63) is 18.0 Å². The topological polar surface area (TPSA) is 58.5 Å². The summed E-state index contributed by atoms with van der Waals surface area (Å²) in [5.74, 6) is 1.24. The number of hydrogen-bond acceptors (Lipinski definition) is 5. The Hall–Kier alpha value is -1.20. The summed E-state index contributed by atoms with van der Waals surface area (Å²) in [5, 5.41) is 9.66. The van der Waals surface area contributed by atoms with E-state index in [-0.39, 0.29) is 11.7 Å². The lowest BCUT2D eigenvalue weighted by Crippen LogP contribution is -2.45. The van der Waals surface area contributed by atoms with E-state index in [9.17, 15) is 5.11 Å². The quantitative estimate of drug-likeness (QED) is 0.892. The molecule has 0 saturated carbocycles. The molecule has 1 spiro atoms. The van der Waals surface area contributed by atoms with Crippen LogP contribution in [0.2, 0.25) is 0 Å². The van der Waals surface area contributed by atoms with E-state index in [2.05, 4.69) is 28.7 Å². The zero-order valence-corrected chi connectivity index (χ0v) is 12.2. The summed E-state index contributed by atoms with van der Waals surface area (Å²) in [7, 11) is 0. The maximum absolute atomic E-state index is 9.66. The largest absolute Gasteiger partial charge is 0.391 e. The van der Waals surface area contributed by atoms with Gasteiger partial charge in [-0.3, -0.25) is 0 Å². The van der Waals surface area contributed by atoms with Crippen molar-refractivity contribution >= 4 is 5.95 Å². The summed E-state index contributed by atoms with van der Waals surface area (Å²) in [6.07, 6.45) is 4.21. The molecule has 0 amide bonds. The summed E-state index contributed by atoms with van der Waals surface area (Å²) >= 11 is 0. The third-order valence-corrected chi connectivity index (χ3v) is 4.40. The fourth-order valence-corrected chi connectivity index (χ4v) is 3.12. The van der Waals surface area contributed by atoms with Crippen molar-refractivity contribution in [2.45, 2.75) is 50.7 Å². The van der Waals surface area contributed by atoms with Crippen LogP contribution in [0.5, 0.6) is 0 Å². The van der Waals surface area contributed by atoms with Crippen LogP contribution < -0.4 is 4.90 Å². The van der Waals surface area contributed by atoms with Crippen molar-refractivity contribution in [2.75, 3.05) is 24.6 Å². The standard InChI is InChI=1S/C15H23N3O2/c1-11(2)13-3-6-16-14(17-13)18-7-4-15(5-8-18)9-12(19)10-20-15/h3,6,11-12,19H,4-5,7-10H2,1-2H3. The van der Waals surface area contributed by atoms with Crippen molar-refractivity contribution in [3.8, 4) is 0 Å². The first-order valence-electron chi connectivity index (χ1n) is 7.48. The van der Waals surface area contributed by atoms with Crippen LogP contribution in [-0.2, 0) is 4.74 Å². The molecule has 0 aromatic carbocycles. The van der Waals surface area contributed by atoms with Crippen LogP contribution >= 0.6 is 0 Å². The van der Waals surface area contributed by atoms with Gasteiger partial charge in [0, 0.05) is 31.4 Å². The molecule has 1 atom stereocenters. The number of anilines is 1. The van der Waals surface area contributed by atoms with Crippen molar-refractivity contribution in [1.29, 1.82) is 0 Å². The molecule has 2 fully saturated rings. The Morgan fingerprint density at radius 1 is 1.40 bits per heavy atom. The molecule has 2 aliphatic rings. The Labute approximate surface area is 120 Å². The van der Waals surface area contributed by atoms with Crippen LogP contribution in [0.25, 0.3) is 0 Å². The van der Waals surface area contributed by atoms with Gasteiger partial charge in [-0.1, -0.05) is 13.8 Å². The Balaban J connectivity index is 1.67. The van der Waals surface area contributed by atoms with E-state index >= 15 is 0 Å². The first kappa shape index (κ1) is 13.8. The van der Waals surface area contributed by atoms with E-state index in [1.54, 1.807) is 0 Å². The van der Waals surface area contributed by atoms with Crippen LogP contribution in [-0.4, -0.2) is 46.5 Å². The third kappa shape index (κ3) is 2.65. The van der Waals surface area contributed by atoms with Crippen LogP contribution in [0, 0.1) is 0 Å². The van der Waals surface area contributed by atoms with Gasteiger partial charge in [0.15, 0.2) is 0 Å². The van der Waals surface area contributed by atoms with Crippen molar-refractivity contribution in [2.24, 2.45) is 0 Å². The molecule has 0 aliphatic carbocycles. The molecule has 20 heavy (non-hydrogen) atoms. The predicted octanol–water partition coefficient (Wildman–Crippen LogP) is 1.72. The molecule has 110 valence electrons. The minimum atomic E-state index is -0.290. The molecule has 2 saturated heterocycles. The highest BCUT2D eigenvalue weighted by Crippen LogP contribution is 2.36. The normalized spacial score (nSPS) is 25.6. The summed E-state index contributed by atoms with van der Waals surface area (Å²) in [6.45, 7) is 6.57. The SMILES string of the molecule is CC(C)c1ccnc(N2CCC3(CC2)CC(O)CO3)n1. The van der Waals surface area contributed by atoms with Gasteiger partial charge in [0.2, 0.25) is 5.95 Å². The molecule has 3 heterocycles. The van der Waals surface area contributed by atoms with Gasteiger partial charge in [0.25, 0.3) is 0 Å². The molecule has 1 unspecified atom stereocenters. The minimum absolute atomic E-state index is 0.106. The smallest absolute Gasteiger partial charge is 0.225 e. The molecule has 5 nitrogen and oxygen atoms in total. The van der Waals surface area contributed by atoms with Gasteiger partial charge in [0.1, 0.15) is 0 Å². The first-order chi connectivity index (χ1) is 9.58. The Bertz CT molecular complexity index is 470. The molecule has 1 N–H and O–H groups in total. The van der Waals surface area contributed by atoms with Crippen molar-refractivity contribution in [1.82, 2.24) is 9.97 Å². The van der Waals surface area contributed by atoms with Crippen LogP contribution in [0.3, 0.4) is 0 Å². The minimum Gasteiger partial charge on any atom is -0.391 e. The predicted molar refractivity (Wildman–Crippen MR) is 76.9 cm³/mol. The molecule has 5 heteroatoms. The number of piperidine rings is 1. The van der Waals surface area contributed by atoms with Gasteiger partial charge in [0.05, 0.1) is 18.3 Å². The van der Waals surface area contributed by atoms with Gasteiger partial charge < -0.3 is 14.7 Å². The van der Waals surface area contributed by atoms with Gasteiger partial charge >= 0.3 is 0 Å². The first-order valence-corrected chi connectivity index (χ1v) is 7.48. The zero-order chi connectivity index (χ0) is 14.2. The highest BCUT2D eigenvalue weighted by molar-refractivity contribution is 5.32. The van der Waals surface area contributed by atoms with Gasteiger partial charge in [-0.05, 0) is 24.8 Å². The van der Waals surface area contributed by atoms with E-state index in [0.717, 1.165) is 44.0 Å². The van der Waals surface area contributed by atoms with Crippen LogP contribution in [0.15, 0.2) is 12.3 Å². The fourth-order valence-electron chi connectivity index (χ4n) is 3.12. The lowest BCUT2D eigenvalue weighted by Gasteiger charge is -2.38. The highest BCUT2D eigenvalue weighted by atomic mass is 16.5. The second kappa shape index (κ2) is 5.30. The molecular formula is C15H23N3O2. The average Bonchev–Trinajstić information content (AvgIpc) is 2.81. The second-order valence-corrected chi connectivity index (χ2v) is 6.28. The van der Waals surface area contributed by atoms with E-state index in [4.69, 9.17) is 4.74 Å². The Kier molecular flexibility index (Phi) is 3.65. The lowest BCUT2D eigenvalue weighted by molar-refractivity contribution is -0.0168. The maximum atomic E-state index is 9.66. The molecule has 3 rings (SSSR count).